The van der Waals surface area contributed by atoms with E-state index in [0.29, 0.717) is 18.5 Å². The molecule has 0 aromatic heterocycles. The van der Waals surface area contributed by atoms with E-state index in [-0.39, 0.29) is 11.5 Å². The third-order valence-corrected chi connectivity index (χ3v) is 2.45. The molecule has 22 heavy (non-hydrogen) atoms. The van der Waals surface area contributed by atoms with Crippen molar-refractivity contribution in [1.29, 1.82) is 0 Å². The van der Waals surface area contributed by atoms with Gasteiger partial charge in [0.05, 0.1) is 0 Å². The van der Waals surface area contributed by atoms with E-state index >= 15 is 0 Å². The smallest absolute Gasteiger partial charge is 0.326 e. The van der Waals surface area contributed by atoms with Gasteiger partial charge in [-0.3, -0.25) is 25.2 Å². The first-order valence-corrected chi connectivity index (χ1v) is 6.31. The van der Waals surface area contributed by atoms with Crippen molar-refractivity contribution < 1.29 is 27.6 Å². The highest BCUT2D eigenvalue weighted by atomic mass is 19.4. The Morgan fingerprint density at radius 1 is 1.05 bits per heavy atom. The molecule has 0 bridgehead atoms. The Morgan fingerprint density at radius 3 is 2.14 bits per heavy atom. The van der Waals surface area contributed by atoms with Gasteiger partial charge in [-0.2, -0.15) is 13.2 Å². The average molecular weight is 317 g/mol. The van der Waals surface area contributed by atoms with Crippen molar-refractivity contribution in [1.82, 2.24) is 10.9 Å². The van der Waals surface area contributed by atoms with Crippen LogP contribution in [-0.2, 0) is 9.59 Å². The highest BCUT2D eigenvalue weighted by Crippen LogP contribution is 2.14. The van der Waals surface area contributed by atoms with E-state index < -0.39 is 18.0 Å². The zero-order chi connectivity index (χ0) is 16.8. The van der Waals surface area contributed by atoms with Crippen LogP contribution in [0.4, 0.5) is 18.9 Å². The van der Waals surface area contributed by atoms with E-state index in [1.54, 1.807) is 5.43 Å². The van der Waals surface area contributed by atoms with Crippen LogP contribution < -0.4 is 16.2 Å². The van der Waals surface area contributed by atoms with Crippen LogP contribution in [0.25, 0.3) is 0 Å². The van der Waals surface area contributed by atoms with Crippen molar-refractivity contribution in [2.24, 2.45) is 0 Å². The zero-order valence-electron chi connectivity index (χ0n) is 11.6. The molecule has 9 heteroatoms. The fraction of sp³-hybridized carbons (Fsp3) is 0.308. The average Bonchev–Trinajstić information content (AvgIpc) is 2.44. The lowest BCUT2D eigenvalue weighted by molar-refractivity contribution is -0.174. The van der Waals surface area contributed by atoms with Crippen LogP contribution >= 0.6 is 0 Å². The number of hydrogen-bond acceptors (Lipinski definition) is 3. The van der Waals surface area contributed by atoms with E-state index in [2.05, 4.69) is 5.32 Å². The lowest BCUT2D eigenvalue weighted by Gasteiger charge is -2.10. The van der Waals surface area contributed by atoms with E-state index in [0.717, 1.165) is 0 Å². The summed E-state index contributed by atoms with van der Waals surface area (Å²) < 4.78 is 35.8. The number of hydrazine groups is 1. The van der Waals surface area contributed by atoms with E-state index in [4.69, 9.17) is 0 Å². The summed E-state index contributed by atoms with van der Waals surface area (Å²) in [6.07, 6.45) is -4.04. The summed E-state index contributed by atoms with van der Waals surface area (Å²) in [4.78, 5) is 33.4. The first-order chi connectivity index (χ1) is 10.2. The minimum atomic E-state index is -5.08. The second-order valence-electron chi connectivity index (χ2n) is 4.28. The van der Waals surface area contributed by atoms with Crippen molar-refractivity contribution >= 4 is 23.4 Å². The molecule has 0 unspecified atom stereocenters. The molecular weight excluding hydrogens is 303 g/mol. The normalized spacial score (nSPS) is 10.7. The molecule has 120 valence electrons. The number of halogens is 3. The number of alkyl halides is 3. The van der Waals surface area contributed by atoms with Gasteiger partial charge >= 0.3 is 12.1 Å². The Kier molecular flexibility index (Phi) is 5.90. The van der Waals surface area contributed by atoms with Gasteiger partial charge in [-0.25, -0.2) is 0 Å². The number of amides is 3. The lowest BCUT2D eigenvalue weighted by Crippen LogP contribution is -2.47. The van der Waals surface area contributed by atoms with Gasteiger partial charge in [0.1, 0.15) is 0 Å². The molecule has 1 aromatic carbocycles. The highest BCUT2D eigenvalue weighted by Gasteiger charge is 2.38. The van der Waals surface area contributed by atoms with E-state index in [1.807, 2.05) is 6.92 Å². The monoisotopic (exact) mass is 317 g/mol. The molecule has 0 heterocycles. The summed E-state index contributed by atoms with van der Waals surface area (Å²) in [7, 11) is 0. The standard InChI is InChI=1S/C13H14F3N3O3/c1-2-3-10(20)17-9-6-4-8(5-7-9)11(21)18-19-12(22)13(14,15)16/h4-7H,2-3H2,1H3,(H,17,20)(H,18,21)(H,19,22). The number of hydrogen-bond donors (Lipinski definition) is 3. The van der Waals surface area contributed by atoms with Gasteiger partial charge in [-0.05, 0) is 30.7 Å². The molecule has 6 nitrogen and oxygen atoms in total. The van der Waals surface area contributed by atoms with Crippen LogP contribution in [0, 0.1) is 0 Å². The Bertz CT molecular complexity index is 556. The first kappa shape index (κ1) is 17.5. The van der Waals surface area contributed by atoms with Crippen molar-refractivity contribution in [2.75, 3.05) is 5.32 Å². The maximum Gasteiger partial charge on any atom is 0.472 e. The fourth-order valence-corrected chi connectivity index (χ4v) is 1.41. The molecule has 3 amide bonds. The van der Waals surface area contributed by atoms with Crippen LogP contribution in [-0.4, -0.2) is 23.9 Å². The number of nitrogens with one attached hydrogen (secondary N) is 3. The van der Waals surface area contributed by atoms with Crippen LogP contribution in [0.1, 0.15) is 30.1 Å². The molecule has 0 spiro atoms. The molecule has 0 aliphatic carbocycles. The minimum Gasteiger partial charge on any atom is -0.326 e. The van der Waals surface area contributed by atoms with Gasteiger partial charge in [0.15, 0.2) is 0 Å². The summed E-state index contributed by atoms with van der Waals surface area (Å²) in [6.45, 7) is 1.85. The van der Waals surface area contributed by atoms with Gasteiger partial charge in [-0.1, -0.05) is 6.92 Å². The predicted octanol–water partition coefficient (Wildman–Crippen LogP) is 1.75. The predicted molar refractivity (Wildman–Crippen MR) is 71.6 cm³/mol. The molecule has 0 aliphatic rings. The van der Waals surface area contributed by atoms with Gasteiger partial charge in [-0.15, -0.1) is 0 Å². The van der Waals surface area contributed by atoms with Crippen molar-refractivity contribution in [3.63, 3.8) is 0 Å². The third kappa shape index (κ3) is 5.43. The molecule has 0 atom stereocenters. The van der Waals surface area contributed by atoms with E-state index in [1.165, 1.54) is 29.7 Å². The van der Waals surface area contributed by atoms with E-state index in [9.17, 15) is 27.6 Å². The zero-order valence-corrected chi connectivity index (χ0v) is 11.6. The van der Waals surface area contributed by atoms with Gasteiger partial charge in [0.25, 0.3) is 5.91 Å². The maximum atomic E-state index is 11.9. The Balaban J connectivity index is 2.57. The number of rotatable bonds is 4. The summed E-state index contributed by atoms with van der Waals surface area (Å²) in [6, 6.07) is 5.45. The van der Waals surface area contributed by atoms with Crippen molar-refractivity contribution in [3.8, 4) is 0 Å². The second kappa shape index (κ2) is 7.43. The molecule has 0 fully saturated rings. The van der Waals surface area contributed by atoms with Gasteiger partial charge in [0, 0.05) is 17.7 Å². The molecule has 1 aromatic rings. The molecule has 0 saturated carbocycles. The van der Waals surface area contributed by atoms with Crippen LogP contribution in [0.5, 0.6) is 0 Å². The molecule has 0 radical (unpaired) electrons. The molecule has 3 N–H and O–H groups in total. The SMILES string of the molecule is CCCC(=O)Nc1ccc(C(=O)NNC(=O)C(F)(F)F)cc1. The van der Waals surface area contributed by atoms with Crippen LogP contribution in [0.15, 0.2) is 24.3 Å². The minimum absolute atomic E-state index is 0.0240. The van der Waals surface area contributed by atoms with Gasteiger partial charge in [0.2, 0.25) is 5.91 Å². The molecule has 0 aliphatic heterocycles. The number of carbonyl (C=O) groups excluding carboxylic acids is 3. The highest BCUT2D eigenvalue weighted by molar-refractivity contribution is 5.97. The summed E-state index contributed by atoms with van der Waals surface area (Å²) in [5.74, 6) is -3.37. The van der Waals surface area contributed by atoms with Crippen molar-refractivity contribution in [2.45, 2.75) is 25.9 Å². The summed E-state index contributed by atoms with van der Waals surface area (Å²) in [5, 5.41) is 2.59. The molecule has 0 saturated heterocycles. The largest absolute Gasteiger partial charge is 0.472 e. The molecule has 1 rings (SSSR count). The number of benzene rings is 1. The summed E-state index contributed by atoms with van der Waals surface area (Å²) in [5.41, 5.74) is 3.37. The number of carbonyl (C=O) groups is 3. The van der Waals surface area contributed by atoms with Crippen molar-refractivity contribution in [3.05, 3.63) is 29.8 Å². The van der Waals surface area contributed by atoms with Gasteiger partial charge < -0.3 is 5.32 Å². The summed E-state index contributed by atoms with van der Waals surface area (Å²) >= 11 is 0. The quantitative estimate of drug-likeness (QED) is 0.739. The van der Waals surface area contributed by atoms with Crippen LogP contribution in [0.2, 0.25) is 0 Å². The fourth-order valence-electron chi connectivity index (χ4n) is 1.41. The maximum absolute atomic E-state index is 11.9. The number of anilines is 1. The third-order valence-electron chi connectivity index (χ3n) is 2.45. The first-order valence-electron chi connectivity index (χ1n) is 6.31. The Morgan fingerprint density at radius 2 is 1.64 bits per heavy atom. The second-order valence-corrected chi connectivity index (χ2v) is 4.28. The Hall–Kier alpha value is -2.58. The Labute approximate surface area is 124 Å². The lowest BCUT2D eigenvalue weighted by atomic mass is 10.2. The van der Waals surface area contributed by atoms with Crippen LogP contribution in [0.3, 0.4) is 0 Å². The molecular formula is C13H14F3N3O3. The topological polar surface area (TPSA) is 87.3 Å².